The van der Waals surface area contributed by atoms with Crippen molar-refractivity contribution in [1.82, 2.24) is 25.1 Å². The first-order valence-corrected chi connectivity index (χ1v) is 9.74. The molecule has 30 heavy (non-hydrogen) atoms. The molecule has 1 saturated heterocycles. The van der Waals surface area contributed by atoms with Crippen LogP contribution in [0.25, 0.3) is 0 Å². The zero-order valence-corrected chi connectivity index (χ0v) is 17.2. The molecule has 0 unspecified atom stereocenters. The molecule has 2 N–H and O–H groups in total. The lowest BCUT2D eigenvalue weighted by molar-refractivity contribution is -0.0528. The first-order valence-electron chi connectivity index (χ1n) is 9.74. The molecule has 0 bridgehead atoms. The number of carbonyl (C=O) groups excluding carboxylic acids is 1. The van der Waals surface area contributed by atoms with Crippen LogP contribution in [-0.4, -0.2) is 56.5 Å². The summed E-state index contributed by atoms with van der Waals surface area (Å²) in [7, 11) is 0. The lowest BCUT2D eigenvalue weighted by Gasteiger charge is -2.33. The standard InChI is InChI=1S/C19H26F2N6O3/c1-19(2,3)30-18(28)27-6-4-12(5-7-27)8-13-10-22-11-15(23-13)24-14-9-16(26-25-14)29-17(20)21/h9-12,17H,4-8H2,1-3H3,(H2,23,24,25,26). The Balaban J connectivity index is 1.51. The molecular formula is C19H26F2N6O3. The fourth-order valence-corrected chi connectivity index (χ4v) is 3.16. The van der Waals surface area contributed by atoms with Crippen molar-refractivity contribution < 1.29 is 23.0 Å². The first kappa shape index (κ1) is 21.7. The van der Waals surface area contributed by atoms with E-state index in [1.165, 1.54) is 12.3 Å². The van der Waals surface area contributed by atoms with Crippen molar-refractivity contribution >= 4 is 17.7 Å². The Labute approximate surface area is 173 Å². The number of aromatic amines is 1. The maximum Gasteiger partial charge on any atom is 0.410 e. The average Bonchev–Trinajstić information content (AvgIpc) is 3.07. The van der Waals surface area contributed by atoms with Gasteiger partial charge < -0.3 is 19.7 Å². The second kappa shape index (κ2) is 9.23. The number of H-pyrrole nitrogens is 1. The van der Waals surface area contributed by atoms with Gasteiger partial charge in [-0.1, -0.05) is 0 Å². The highest BCUT2D eigenvalue weighted by Gasteiger charge is 2.27. The Morgan fingerprint density at radius 2 is 2.03 bits per heavy atom. The molecule has 1 aliphatic rings. The highest BCUT2D eigenvalue weighted by Crippen LogP contribution is 2.23. The number of likely N-dealkylation sites (tertiary alicyclic amines) is 1. The summed E-state index contributed by atoms with van der Waals surface area (Å²) in [6.07, 6.45) is 5.38. The fourth-order valence-electron chi connectivity index (χ4n) is 3.16. The molecule has 3 rings (SSSR count). The number of ether oxygens (including phenoxy) is 2. The lowest BCUT2D eigenvalue weighted by atomic mass is 9.92. The van der Waals surface area contributed by atoms with Gasteiger partial charge in [-0.2, -0.15) is 13.9 Å². The van der Waals surface area contributed by atoms with Crippen LogP contribution in [0.1, 0.15) is 39.3 Å². The predicted octanol–water partition coefficient (Wildman–Crippen LogP) is 3.73. The second-order valence-corrected chi connectivity index (χ2v) is 8.13. The number of alkyl halides is 2. The Hall–Kier alpha value is -2.98. The van der Waals surface area contributed by atoms with Gasteiger partial charge in [-0.3, -0.25) is 4.98 Å². The lowest BCUT2D eigenvalue weighted by Crippen LogP contribution is -2.42. The molecule has 0 atom stereocenters. The third-order valence-electron chi connectivity index (χ3n) is 4.48. The smallest absolute Gasteiger partial charge is 0.410 e. The van der Waals surface area contributed by atoms with E-state index in [9.17, 15) is 13.6 Å². The third kappa shape index (κ3) is 6.53. The molecule has 11 heteroatoms. The zero-order chi connectivity index (χ0) is 21.7. The molecule has 0 aromatic carbocycles. The monoisotopic (exact) mass is 424 g/mol. The van der Waals surface area contributed by atoms with Crippen LogP contribution in [0.15, 0.2) is 18.5 Å². The summed E-state index contributed by atoms with van der Waals surface area (Å²) in [4.78, 5) is 22.6. The Morgan fingerprint density at radius 3 is 2.70 bits per heavy atom. The van der Waals surface area contributed by atoms with Gasteiger partial charge in [-0.05, 0) is 46.0 Å². The van der Waals surface area contributed by atoms with Crippen LogP contribution in [0.5, 0.6) is 5.88 Å². The van der Waals surface area contributed by atoms with Gasteiger partial charge in [0.15, 0.2) is 5.82 Å². The van der Waals surface area contributed by atoms with Crippen molar-refractivity contribution in [2.45, 2.75) is 52.2 Å². The van der Waals surface area contributed by atoms with Gasteiger partial charge in [0.2, 0.25) is 5.88 Å². The van der Waals surface area contributed by atoms with E-state index < -0.39 is 12.2 Å². The second-order valence-electron chi connectivity index (χ2n) is 8.13. The van der Waals surface area contributed by atoms with Crippen molar-refractivity contribution in [3.63, 3.8) is 0 Å². The molecule has 0 saturated carbocycles. The summed E-state index contributed by atoms with van der Waals surface area (Å²) in [5, 5.41) is 9.12. The summed E-state index contributed by atoms with van der Waals surface area (Å²) in [6.45, 7) is 3.92. The van der Waals surface area contributed by atoms with Crippen LogP contribution in [0.2, 0.25) is 0 Å². The van der Waals surface area contributed by atoms with Gasteiger partial charge in [0.25, 0.3) is 0 Å². The van der Waals surface area contributed by atoms with Crippen LogP contribution in [-0.2, 0) is 11.2 Å². The maximum atomic E-state index is 12.2. The van der Waals surface area contributed by atoms with E-state index in [1.807, 2.05) is 20.8 Å². The van der Waals surface area contributed by atoms with Crippen LogP contribution >= 0.6 is 0 Å². The normalized spacial score (nSPS) is 15.3. The van der Waals surface area contributed by atoms with E-state index in [-0.39, 0.29) is 12.0 Å². The number of hydrogen-bond donors (Lipinski definition) is 2. The van der Waals surface area contributed by atoms with Crippen molar-refractivity contribution in [1.29, 1.82) is 0 Å². The highest BCUT2D eigenvalue weighted by atomic mass is 19.3. The Morgan fingerprint density at radius 1 is 1.30 bits per heavy atom. The number of nitrogens with one attached hydrogen (secondary N) is 2. The maximum absolute atomic E-state index is 12.2. The van der Waals surface area contributed by atoms with E-state index in [4.69, 9.17) is 4.74 Å². The number of piperidine rings is 1. The molecule has 0 radical (unpaired) electrons. The van der Waals surface area contributed by atoms with Gasteiger partial charge in [0.05, 0.1) is 11.9 Å². The van der Waals surface area contributed by atoms with Gasteiger partial charge in [-0.15, -0.1) is 0 Å². The summed E-state index contributed by atoms with van der Waals surface area (Å²) in [6, 6.07) is 1.31. The van der Waals surface area contributed by atoms with Crippen molar-refractivity contribution in [2.75, 3.05) is 18.4 Å². The van der Waals surface area contributed by atoms with Crippen molar-refractivity contribution in [3.05, 3.63) is 24.2 Å². The molecule has 0 aliphatic carbocycles. The SMILES string of the molecule is CC(C)(C)OC(=O)N1CCC(Cc2cncc(Nc3cc(OC(F)F)[nH]n3)n2)CC1. The fraction of sp³-hybridized carbons (Fsp3) is 0.579. The molecule has 164 valence electrons. The minimum absolute atomic E-state index is 0.145. The summed E-state index contributed by atoms with van der Waals surface area (Å²) < 4.78 is 34.1. The minimum atomic E-state index is -2.93. The Kier molecular flexibility index (Phi) is 6.68. The van der Waals surface area contributed by atoms with Crippen LogP contribution in [0.3, 0.4) is 0 Å². The largest absolute Gasteiger partial charge is 0.444 e. The van der Waals surface area contributed by atoms with Gasteiger partial charge in [-0.25, -0.2) is 14.9 Å². The molecular weight excluding hydrogens is 398 g/mol. The average molecular weight is 424 g/mol. The van der Waals surface area contributed by atoms with Crippen LogP contribution < -0.4 is 10.1 Å². The number of amides is 1. The minimum Gasteiger partial charge on any atom is -0.444 e. The summed E-state index contributed by atoms with van der Waals surface area (Å²) in [5.41, 5.74) is 0.299. The van der Waals surface area contributed by atoms with Gasteiger partial charge in [0.1, 0.15) is 11.4 Å². The molecule has 2 aromatic heterocycles. The number of hydrogen-bond acceptors (Lipinski definition) is 7. The van der Waals surface area contributed by atoms with Gasteiger partial charge in [0, 0.05) is 25.4 Å². The van der Waals surface area contributed by atoms with E-state index in [0.717, 1.165) is 25.0 Å². The zero-order valence-electron chi connectivity index (χ0n) is 17.2. The van der Waals surface area contributed by atoms with E-state index in [0.29, 0.717) is 30.6 Å². The predicted molar refractivity (Wildman–Crippen MR) is 105 cm³/mol. The van der Waals surface area contributed by atoms with Gasteiger partial charge >= 0.3 is 12.7 Å². The molecule has 1 aliphatic heterocycles. The number of halogens is 2. The molecule has 1 amide bonds. The highest BCUT2D eigenvalue weighted by molar-refractivity contribution is 5.68. The van der Waals surface area contributed by atoms with E-state index >= 15 is 0 Å². The molecule has 2 aromatic rings. The number of carbonyl (C=O) groups is 1. The number of aromatic nitrogens is 4. The van der Waals surface area contributed by atoms with E-state index in [2.05, 4.69) is 30.2 Å². The Bertz CT molecular complexity index is 847. The number of anilines is 2. The third-order valence-corrected chi connectivity index (χ3v) is 4.48. The summed E-state index contributed by atoms with van der Waals surface area (Å²) >= 11 is 0. The van der Waals surface area contributed by atoms with Crippen molar-refractivity contribution in [2.24, 2.45) is 5.92 Å². The van der Waals surface area contributed by atoms with Crippen LogP contribution in [0, 0.1) is 5.92 Å². The molecule has 1 fully saturated rings. The van der Waals surface area contributed by atoms with Crippen molar-refractivity contribution in [3.8, 4) is 5.88 Å². The summed E-state index contributed by atoms with van der Waals surface area (Å²) in [5.74, 6) is 0.981. The van der Waals surface area contributed by atoms with Crippen LogP contribution in [0.4, 0.5) is 25.2 Å². The number of rotatable bonds is 6. The molecule has 3 heterocycles. The molecule has 9 nitrogen and oxygen atoms in total. The van der Waals surface area contributed by atoms with E-state index in [1.54, 1.807) is 11.1 Å². The topological polar surface area (TPSA) is 105 Å². The first-order chi connectivity index (χ1) is 14.2. The number of nitrogens with zero attached hydrogens (tertiary/aromatic N) is 4. The quantitative estimate of drug-likeness (QED) is 0.728. The molecule has 0 spiro atoms.